The molecule has 1 amide bonds. The highest BCUT2D eigenvalue weighted by molar-refractivity contribution is 9.10. The molecule has 0 unspecified atom stereocenters. The van der Waals surface area contributed by atoms with Crippen molar-refractivity contribution in [3.63, 3.8) is 0 Å². The first-order chi connectivity index (χ1) is 8.70. The smallest absolute Gasteiger partial charge is 0.247 e. The molecule has 19 heavy (non-hydrogen) atoms. The summed E-state index contributed by atoms with van der Waals surface area (Å²) in [7, 11) is -1.32. The van der Waals surface area contributed by atoms with E-state index in [0.29, 0.717) is 4.47 Å². The van der Waals surface area contributed by atoms with Crippen LogP contribution in [0.5, 0.6) is 5.75 Å². The molecule has 0 fully saturated rings. The number of nitrogens with zero attached hydrogens (tertiary/aromatic N) is 1. The summed E-state index contributed by atoms with van der Waals surface area (Å²) >= 11 is 3.18. The molecule has 4 N–H and O–H groups in total. The Morgan fingerprint density at radius 2 is 2.05 bits per heavy atom. The van der Waals surface area contributed by atoms with Crippen LogP contribution in [0.15, 0.2) is 21.5 Å². The second-order valence-corrected chi connectivity index (χ2v) is 6.62. The lowest BCUT2D eigenvalue weighted by atomic mass is 10.3. The molecular weight excluding hydrogens is 338 g/mol. The molecule has 0 aliphatic carbocycles. The maximum atomic E-state index is 12.3. The summed E-state index contributed by atoms with van der Waals surface area (Å²) < 4.78 is 30.9. The zero-order valence-electron chi connectivity index (χ0n) is 10.4. The van der Waals surface area contributed by atoms with E-state index in [9.17, 15) is 13.2 Å². The van der Waals surface area contributed by atoms with Crippen molar-refractivity contribution in [1.82, 2.24) is 4.31 Å². The van der Waals surface area contributed by atoms with Crippen LogP contribution < -0.4 is 16.2 Å². The second kappa shape index (κ2) is 5.76. The number of amides is 1. The van der Waals surface area contributed by atoms with Gasteiger partial charge in [0.15, 0.2) is 0 Å². The second-order valence-electron chi connectivity index (χ2n) is 3.75. The lowest BCUT2D eigenvalue weighted by Gasteiger charge is -2.18. The molecule has 0 saturated heterocycles. The molecule has 0 bridgehead atoms. The van der Waals surface area contributed by atoms with Crippen molar-refractivity contribution in [3.05, 3.63) is 16.6 Å². The van der Waals surface area contributed by atoms with Gasteiger partial charge in [-0.15, -0.1) is 0 Å². The zero-order chi connectivity index (χ0) is 14.8. The van der Waals surface area contributed by atoms with E-state index in [1.165, 1.54) is 26.3 Å². The van der Waals surface area contributed by atoms with Gasteiger partial charge in [0, 0.05) is 17.2 Å². The van der Waals surface area contributed by atoms with E-state index < -0.39 is 22.5 Å². The van der Waals surface area contributed by atoms with Crippen LogP contribution in [-0.2, 0) is 14.8 Å². The third-order valence-corrected chi connectivity index (χ3v) is 4.86. The molecule has 1 rings (SSSR count). The first-order valence-corrected chi connectivity index (χ1v) is 7.31. The first kappa shape index (κ1) is 15.7. The van der Waals surface area contributed by atoms with E-state index in [4.69, 9.17) is 16.2 Å². The Hall–Kier alpha value is -1.32. The fourth-order valence-electron chi connectivity index (χ4n) is 1.38. The van der Waals surface area contributed by atoms with Gasteiger partial charge in [-0.1, -0.05) is 0 Å². The number of carbonyl (C=O) groups is 1. The predicted molar refractivity (Wildman–Crippen MR) is 74.1 cm³/mol. The summed E-state index contributed by atoms with van der Waals surface area (Å²) in [6.45, 7) is -0.429. The van der Waals surface area contributed by atoms with Gasteiger partial charge in [-0.2, -0.15) is 4.31 Å². The summed E-state index contributed by atoms with van der Waals surface area (Å²) in [4.78, 5) is 10.7. The van der Waals surface area contributed by atoms with E-state index in [0.717, 1.165) is 4.31 Å². The Morgan fingerprint density at radius 1 is 1.47 bits per heavy atom. The van der Waals surface area contributed by atoms with E-state index in [1.54, 1.807) is 0 Å². The zero-order valence-corrected chi connectivity index (χ0v) is 12.8. The molecule has 0 radical (unpaired) electrons. The number of nitrogen functional groups attached to an aromatic ring is 1. The van der Waals surface area contributed by atoms with Crippen LogP contribution in [-0.4, -0.2) is 39.3 Å². The van der Waals surface area contributed by atoms with E-state index in [1.807, 2.05) is 0 Å². The van der Waals surface area contributed by atoms with Gasteiger partial charge in [-0.05, 0) is 28.1 Å². The van der Waals surface area contributed by atoms with Gasteiger partial charge in [0.1, 0.15) is 10.6 Å². The van der Waals surface area contributed by atoms with Crippen LogP contribution in [0.25, 0.3) is 0 Å². The van der Waals surface area contributed by atoms with Crippen LogP contribution >= 0.6 is 15.9 Å². The number of hydrogen-bond acceptors (Lipinski definition) is 5. The van der Waals surface area contributed by atoms with Gasteiger partial charge in [-0.3, -0.25) is 4.79 Å². The molecule has 0 aliphatic heterocycles. The molecule has 0 atom stereocenters. The Bertz CT molecular complexity index is 603. The van der Waals surface area contributed by atoms with Crippen LogP contribution in [0.3, 0.4) is 0 Å². The summed E-state index contributed by atoms with van der Waals surface area (Å²) in [6, 6.07) is 2.70. The molecular formula is C10H14BrN3O4S. The van der Waals surface area contributed by atoms with E-state index in [2.05, 4.69) is 15.9 Å². The molecule has 0 saturated carbocycles. The SMILES string of the molecule is COc1cc(Br)c(N)cc1S(=O)(=O)N(C)CC(N)=O. The topological polar surface area (TPSA) is 116 Å². The molecule has 9 heteroatoms. The highest BCUT2D eigenvalue weighted by Gasteiger charge is 2.26. The average molecular weight is 352 g/mol. The van der Waals surface area contributed by atoms with Crippen molar-refractivity contribution in [2.24, 2.45) is 5.73 Å². The third kappa shape index (κ3) is 3.37. The van der Waals surface area contributed by atoms with Crippen LogP contribution in [0, 0.1) is 0 Å². The number of primary amides is 1. The number of anilines is 1. The maximum absolute atomic E-state index is 12.3. The molecule has 1 aromatic rings. The quantitative estimate of drug-likeness (QED) is 0.732. The van der Waals surface area contributed by atoms with Gasteiger partial charge in [0.2, 0.25) is 15.9 Å². The van der Waals surface area contributed by atoms with Gasteiger partial charge in [-0.25, -0.2) is 8.42 Å². The Labute approximate surface area is 119 Å². The molecule has 7 nitrogen and oxygen atoms in total. The largest absolute Gasteiger partial charge is 0.495 e. The van der Waals surface area contributed by atoms with Gasteiger partial charge < -0.3 is 16.2 Å². The Kier molecular flexibility index (Phi) is 4.77. The Morgan fingerprint density at radius 3 is 2.53 bits per heavy atom. The van der Waals surface area contributed by atoms with Crippen LogP contribution in [0.4, 0.5) is 5.69 Å². The van der Waals surface area contributed by atoms with Crippen molar-refractivity contribution in [1.29, 1.82) is 0 Å². The summed E-state index contributed by atoms with van der Waals surface area (Å²) in [6.07, 6.45) is 0. The number of ether oxygens (including phenoxy) is 1. The fraction of sp³-hybridized carbons (Fsp3) is 0.300. The number of nitrogens with two attached hydrogens (primary N) is 2. The minimum atomic E-state index is -3.91. The number of halogens is 1. The number of methoxy groups -OCH3 is 1. The Balaban J connectivity index is 3.35. The molecule has 0 aliphatic rings. The monoisotopic (exact) mass is 351 g/mol. The highest BCUT2D eigenvalue weighted by atomic mass is 79.9. The van der Waals surface area contributed by atoms with E-state index in [-0.39, 0.29) is 16.3 Å². The highest BCUT2D eigenvalue weighted by Crippen LogP contribution is 2.33. The van der Waals surface area contributed by atoms with Gasteiger partial charge >= 0.3 is 0 Å². The molecule has 0 spiro atoms. The maximum Gasteiger partial charge on any atom is 0.247 e. The van der Waals surface area contributed by atoms with Crippen molar-refractivity contribution in [2.45, 2.75) is 4.90 Å². The number of carbonyl (C=O) groups excluding carboxylic acids is 1. The number of hydrogen-bond donors (Lipinski definition) is 2. The average Bonchev–Trinajstić information content (AvgIpc) is 2.30. The fourth-order valence-corrected chi connectivity index (χ4v) is 3.01. The lowest BCUT2D eigenvalue weighted by Crippen LogP contribution is -2.35. The number of rotatable bonds is 5. The standard InChI is InChI=1S/C10H14BrN3O4S/c1-14(5-10(13)15)19(16,17)9-4-7(12)6(11)3-8(9)18-2/h3-4H,5,12H2,1-2H3,(H2,13,15). The molecule has 0 aromatic heterocycles. The molecule has 1 aromatic carbocycles. The normalized spacial score (nSPS) is 11.6. The summed E-state index contributed by atoms with van der Waals surface area (Å²) in [5.74, 6) is -0.632. The van der Waals surface area contributed by atoms with Crippen molar-refractivity contribution in [3.8, 4) is 5.75 Å². The summed E-state index contributed by atoms with van der Waals surface area (Å²) in [5.41, 5.74) is 10.9. The predicted octanol–water partition coefficient (Wildman–Crippen LogP) is 0.146. The third-order valence-electron chi connectivity index (χ3n) is 2.35. The minimum absolute atomic E-state index is 0.123. The van der Waals surface area contributed by atoms with Gasteiger partial charge in [0.05, 0.1) is 13.7 Å². The summed E-state index contributed by atoms with van der Waals surface area (Å²) in [5, 5.41) is 0. The number of benzene rings is 1. The number of likely N-dealkylation sites (N-methyl/N-ethyl adjacent to an activating group) is 1. The van der Waals surface area contributed by atoms with Crippen molar-refractivity contribution in [2.75, 3.05) is 26.4 Å². The van der Waals surface area contributed by atoms with Gasteiger partial charge in [0.25, 0.3) is 0 Å². The van der Waals surface area contributed by atoms with Crippen molar-refractivity contribution < 1.29 is 17.9 Å². The van der Waals surface area contributed by atoms with Crippen LogP contribution in [0.1, 0.15) is 0 Å². The lowest BCUT2D eigenvalue weighted by molar-refractivity contribution is -0.118. The minimum Gasteiger partial charge on any atom is -0.495 e. The first-order valence-electron chi connectivity index (χ1n) is 5.07. The molecule has 106 valence electrons. The van der Waals surface area contributed by atoms with Crippen LogP contribution in [0.2, 0.25) is 0 Å². The number of sulfonamides is 1. The van der Waals surface area contributed by atoms with E-state index >= 15 is 0 Å². The van der Waals surface area contributed by atoms with Crippen molar-refractivity contribution >= 4 is 37.5 Å². The molecule has 0 heterocycles.